The number of halogens is 3. The minimum absolute atomic E-state index is 0.153. The maximum atomic E-state index is 13.5. The van der Waals surface area contributed by atoms with Crippen molar-refractivity contribution in [1.29, 1.82) is 0 Å². The third-order valence-electron chi connectivity index (χ3n) is 7.09. The molecule has 252 valence electrons. The van der Waals surface area contributed by atoms with Gasteiger partial charge in [-0.3, -0.25) is 24.3 Å². The molecular formula is C30H33F3N6O7S. The van der Waals surface area contributed by atoms with Crippen molar-refractivity contribution in [2.45, 2.75) is 74.8 Å². The van der Waals surface area contributed by atoms with Gasteiger partial charge in [-0.05, 0) is 50.6 Å². The second-order valence-electron chi connectivity index (χ2n) is 12.1. The van der Waals surface area contributed by atoms with E-state index < -0.39 is 73.8 Å². The molecule has 0 unspecified atom stereocenters. The van der Waals surface area contributed by atoms with Crippen LogP contribution in [0.25, 0.3) is 0 Å². The molecule has 47 heavy (non-hydrogen) atoms. The van der Waals surface area contributed by atoms with E-state index in [0.717, 1.165) is 10.1 Å². The number of rotatable bonds is 9. The van der Waals surface area contributed by atoms with Crippen LogP contribution in [0.4, 0.5) is 23.8 Å². The lowest BCUT2D eigenvalue weighted by molar-refractivity contribution is -0.141. The van der Waals surface area contributed by atoms with Gasteiger partial charge in [0.15, 0.2) is 0 Å². The van der Waals surface area contributed by atoms with E-state index in [4.69, 9.17) is 0 Å². The summed E-state index contributed by atoms with van der Waals surface area (Å²) in [5.41, 5.74) is -3.46. The Balaban J connectivity index is 1.58. The van der Waals surface area contributed by atoms with Gasteiger partial charge >= 0.3 is 12.2 Å². The smallest absolute Gasteiger partial charge is 0.393 e. The molecule has 1 aliphatic rings. The van der Waals surface area contributed by atoms with Gasteiger partial charge in [-0.25, -0.2) is 22.9 Å². The highest BCUT2D eigenvalue weighted by molar-refractivity contribution is 7.90. The Bertz CT molecular complexity index is 1820. The quantitative estimate of drug-likeness (QED) is 0.228. The lowest BCUT2D eigenvalue weighted by Crippen LogP contribution is -2.68. The predicted molar refractivity (Wildman–Crippen MR) is 163 cm³/mol. The number of hydrogen-bond donors (Lipinski definition) is 5. The van der Waals surface area contributed by atoms with Crippen LogP contribution >= 0.6 is 0 Å². The van der Waals surface area contributed by atoms with Crippen molar-refractivity contribution in [2.75, 3.05) is 5.32 Å². The zero-order valence-corrected chi connectivity index (χ0v) is 26.3. The third-order valence-corrected chi connectivity index (χ3v) is 8.43. The van der Waals surface area contributed by atoms with E-state index in [0.29, 0.717) is 24.3 Å². The van der Waals surface area contributed by atoms with E-state index >= 15 is 0 Å². The highest BCUT2D eigenvalue weighted by Crippen LogP contribution is 2.34. The van der Waals surface area contributed by atoms with Crippen molar-refractivity contribution in [3.63, 3.8) is 0 Å². The number of alkyl halides is 3. The molecule has 1 aromatic heterocycles. The largest absolute Gasteiger partial charge is 0.416 e. The van der Waals surface area contributed by atoms with Crippen LogP contribution in [-0.2, 0) is 38.8 Å². The molecule has 1 heterocycles. The molecule has 17 heteroatoms. The van der Waals surface area contributed by atoms with Gasteiger partial charge in [0.05, 0.1) is 16.6 Å². The summed E-state index contributed by atoms with van der Waals surface area (Å²) in [6.45, 7) is 4.49. The van der Waals surface area contributed by atoms with Crippen molar-refractivity contribution in [3.8, 4) is 0 Å². The molecule has 13 nitrogen and oxygen atoms in total. The van der Waals surface area contributed by atoms with Crippen LogP contribution in [-0.4, -0.2) is 58.1 Å². The van der Waals surface area contributed by atoms with E-state index in [1.807, 2.05) is 0 Å². The summed E-state index contributed by atoms with van der Waals surface area (Å²) in [5, 5.41) is 17.4. The Hall–Kier alpha value is -4.77. The lowest BCUT2D eigenvalue weighted by atomic mass is 9.73. The first-order valence-corrected chi connectivity index (χ1v) is 15.7. The van der Waals surface area contributed by atoms with Crippen LogP contribution in [0.1, 0.15) is 50.4 Å². The molecule has 5 N–H and O–H groups in total. The van der Waals surface area contributed by atoms with E-state index in [-0.39, 0.29) is 30.8 Å². The van der Waals surface area contributed by atoms with E-state index in [9.17, 15) is 45.9 Å². The zero-order chi connectivity index (χ0) is 34.8. The number of benzene rings is 2. The predicted octanol–water partition coefficient (Wildman–Crippen LogP) is 2.29. The number of aromatic nitrogens is 2. The van der Waals surface area contributed by atoms with Crippen molar-refractivity contribution < 1.29 is 41.1 Å². The molecule has 1 saturated carbocycles. The zero-order valence-electron chi connectivity index (χ0n) is 25.5. The summed E-state index contributed by atoms with van der Waals surface area (Å²) < 4.78 is 67.2. The highest BCUT2D eigenvalue weighted by Gasteiger charge is 2.52. The van der Waals surface area contributed by atoms with Crippen LogP contribution in [0.15, 0.2) is 70.5 Å². The summed E-state index contributed by atoms with van der Waals surface area (Å²) in [6, 6.07) is 10.6. The minimum Gasteiger partial charge on any atom is -0.393 e. The number of carbonyl (C=O) groups is 3. The van der Waals surface area contributed by atoms with E-state index in [1.54, 1.807) is 55.8 Å². The van der Waals surface area contributed by atoms with Gasteiger partial charge in [0.2, 0.25) is 11.7 Å². The number of anilines is 1. The molecule has 0 bridgehead atoms. The molecule has 3 aromatic rings. The number of aliphatic hydroxyl groups excluding tert-OH is 1. The Morgan fingerprint density at radius 3 is 2.19 bits per heavy atom. The summed E-state index contributed by atoms with van der Waals surface area (Å²) in [7, 11) is -4.68. The second kappa shape index (κ2) is 13.2. The number of nitrogens with zero attached hydrogens (tertiary/aromatic N) is 2. The molecule has 4 rings (SSSR count). The van der Waals surface area contributed by atoms with Gasteiger partial charge in [-0.2, -0.15) is 13.2 Å². The number of carbonyl (C=O) groups excluding carboxylic acids is 3. The van der Waals surface area contributed by atoms with Crippen LogP contribution in [0.5, 0.6) is 0 Å². The van der Waals surface area contributed by atoms with Crippen molar-refractivity contribution in [2.24, 2.45) is 0 Å². The molecule has 0 spiro atoms. The molecule has 2 aromatic carbocycles. The highest BCUT2D eigenvalue weighted by atomic mass is 32.2. The topological polar surface area (TPSA) is 189 Å². The molecular weight excluding hydrogens is 645 g/mol. The average molecular weight is 679 g/mol. The Labute approximate surface area is 267 Å². The summed E-state index contributed by atoms with van der Waals surface area (Å²) in [6.07, 6.45) is -5.09. The van der Waals surface area contributed by atoms with Crippen LogP contribution in [0.3, 0.4) is 0 Å². The van der Waals surface area contributed by atoms with E-state index in [1.165, 1.54) is 6.20 Å². The normalized spacial score (nSPS) is 18.1. The van der Waals surface area contributed by atoms with Gasteiger partial charge in [-0.15, -0.1) is 0 Å². The van der Waals surface area contributed by atoms with Gasteiger partial charge in [0.1, 0.15) is 12.1 Å². The molecule has 4 amide bonds. The Morgan fingerprint density at radius 1 is 1.02 bits per heavy atom. The van der Waals surface area contributed by atoms with Crippen molar-refractivity contribution in [1.82, 2.24) is 24.9 Å². The maximum Gasteiger partial charge on any atom is 0.416 e. The van der Waals surface area contributed by atoms with Gasteiger partial charge in [0.25, 0.3) is 21.5 Å². The first-order valence-electron chi connectivity index (χ1n) is 14.2. The number of aliphatic hydroxyl groups is 1. The third kappa shape index (κ3) is 8.74. The monoisotopic (exact) mass is 678 g/mol. The molecule has 0 atom stereocenters. The first kappa shape index (κ1) is 35.1. The fraction of sp³-hybridized carbons (Fsp3) is 0.367. The SMILES string of the molecule is CC(C)(C)NC(=O)Nc1ncc(Cc2ccccc2)n(CC(=O)NC2(C(=O)NS(=O)(=O)c3ccc(C(F)(F)F)cc3)CC(O)C2)c1=O. The Morgan fingerprint density at radius 2 is 1.64 bits per heavy atom. The van der Waals surface area contributed by atoms with E-state index in [2.05, 4.69) is 20.9 Å². The molecule has 1 fully saturated rings. The maximum absolute atomic E-state index is 13.5. The molecule has 1 aliphatic carbocycles. The van der Waals surface area contributed by atoms with Gasteiger partial charge < -0.3 is 15.7 Å². The minimum atomic E-state index is -4.71. The fourth-order valence-electron chi connectivity index (χ4n) is 4.85. The van der Waals surface area contributed by atoms with Crippen LogP contribution < -0.4 is 26.2 Å². The standard InChI is InChI=1S/C30H33F3N6O7S/c1-28(2,3)37-27(44)35-24-25(42)39(20(16-34-24)13-18-7-5-4-6-8-18)17-23(41)36-29(14-21(40)15-29)26(43)38-47(45,46)22-11-9-19(10-12-22)30(31,32)33/h4-12,16,21,40H,13-15,17H2,1-3H3,(H,36,41)(H,38,43)(H2,34,35,37,44). The number of hydrogen-bond acceptors (Lipinski definition) is 8. The van der Waals surface area contributed by atoms with Crippen LogP contribution in [0.2, 0.25) is 0 Å². The van der Waals surface area contributed by atoms with Crippen molar-refractivity contribution >= 4 is 33.7 Å². The average Bonchev–Trinajstić information content (AvgIpc) is 2.94. The number of amides is 4. The summed E-state index contributed by atoms with van der Waals surface area (Å²) >= 11 is 0. The second-order valence-corrected chi connectivity index (χ2v) is 13.8. The summed E-state index contributed by atoms with van der Waals surface area (Å²) in [5.74, 6) is -2.53. The summed E-state index contributed by atoms with van der Waals surface area (Å²) in [4.78, 5) is 56.0. The molecule has 0 aliphatic heterocycles. The van der Waals surface area contributed by atoms with Gasteiger partial charge in [0, 0.05) is 36.7 Å². The van der Waals surface area contributed by atoms with Gasteiger partial charge in [-0.1, -0.05) is 30.3 Å². The number of sulfonamides is 1. The van der Waals surface area contributed by atoms with Crippen molar-refractivity contribution in [3.05, 3.63) is 88.0 Å². The Kier molecular flexibility index (Phi) is 9.82. The van der Waals surface area contributed by atoms with Crippen LogP contribution in [0, 0.1) is 0 Å². The number of nitrogens with one attached hydrogen (secondary N) is 4. The lowest BCUT2D eigenvalue weighted by Gasteiger charge is -2.44. The fourth-order valence-corrected chi connectivity index (χ4v) is 5.90. The number of urea groups is 1. The molecule has 0 radical (unpaired) electrons. The first-order chi connectivity index (χ1) is 21.8. The molecule has 0 saturated heterocycles.